The molecular weight excluding hydrogens is 440 g/mol. The number of anilines is 1. The van der Waals surface area contributed by atoms with E-state index < -0.39 is 6.04 Å². The van der Waals surface area contributed by atoms with Crippen LogP contribution in [0, 0.1) is 0 Å². The van der Waals surface area contributed by atoms with Gasteiger partial charge < -0.3 is 9.64 Å². The lowest BCUT2D eigenvalue weighted by atomic mass is 10.0. The third-order valence-corrected chi connectivity index (χ3v) is 6.58. The van der Waals surface area contributed by atoms with Crippen molar-refractivity contribution >= 4 is 35.0 Å². The molecule has 2 aliphatic heterocycles. The molecule has 0 N–H and O–H groups in total. The average Bonchev–Trinajstić information content (AvgIpc) is 3.41. The summed E-state index contributed by atoms with van der Waals surface area (Å²) in [7, 11) is 0. The third-order valence-electron chi connectivity index (χ3n) is 6.33. The standard InChI is InChI=1S/C26H29ClN2O4/c1-17(2)19-7-11-21(12-8-19)29-25(31)15-23(26(29)32)28(16-22-4-3-13-33-22)24(30)14-18-5-9-20(27)10-6-18/h5-12,17,22-23H,3-4,13-16H2,1-2H3. The van der Waals surface area contributed by atoms with Crippen molar-refractivity contribution < 1.29 is 19.1 Å². The lowest BCUT2D eigenvalue weighted by molar-refractivity contribution is -0.139. The van der Waals surface area contributed by atoms with Gasteiger partial charge in [-0.25, -0.2) is 4.90 Å². The first-order valence-electron chi connectivity index (χ1n) is 11.5. The quantitative estimate of drug-likeness (QED) is 0.567. The van der Waals surface area contributed by atoms with Gasteiger partial charge in [0.1, 0.15) is 6.04 Å². The zero-order valence-corrected chi connectivity index (χ0v) is 19.8. The highest BCUT2D eigenvalue weighted by Gasteiger charge is 2.45. The lowest BCUT2D eigenvalue weighted by Crippen LogP contribution is -2.49. The van der Waals surface area contributed by atoms with Crippen molar-refractivity contribution in [3.63, 3.8) is 0 Å². The van der Waals surface area contributed by atoms with Crippen LogP contribution in [0.2, 0.25) is 5.02 Å². The second-order valence-electron chi connectivity index (χ2n) is 9.02. The first kappa shape index (κ1) is 23.5. The van der Waals surface area contributed by atoms with Gasteiger partial charge in [0.05, 0.1) is 24.6 Å². The fourth-order valence-electron chi connectivity index (χ4n) is 4.43. The Hall–Kier alpha value is -2.70. The van der Waals surface area contributed by atoms with Gasteiger partial charge in [-0.05, 0) is 54.2 Å². The largest absolute Gasteiger partial charge is 0.376 e. The molecule has 0 aliphatic carbocycles. The molecule has 174 valence electrons. The predicted molar refractivity (Wildman–Crippen MR) is 127 cm³/mol. The number of hydrogen-bond acceptors (Lipinski definition) is 4. The maximum Gasteiger partial charge on any atom is 0.257 e. The van der Waals surface area contributed by atoms with Crippen LogP contribution in [0.4, 0.5) is 5.69 Å². The Kier molecular flexibility index (Phi) is 7.15. The van der Waals surface area contributed by atoms with Crippen molar-refractivity contribution in [3.05, 3.63) is 64.7 Å². The average molecular weight is 469 g/mol. The van der Waals surface area contributed by atoms with E-state index in [1.165, 1.54) is 4.90 Å². The highest BCUT2D eigenvalue weighted by atomic mass is 35.5. The van der Waals surface area contributed by atoms with Gasteiger partial charge in [-0.1, -0.05) is 49.7 Å². The second-order valence-corrected chi connectivity index (χ2v) is 9.45. The van der Waals surface area contributed by atoms with Gasteiger partial charge in [0, 0.05) is 18.2 Å². The highest BCUT2D eigenvalue weighted by Crippen LogP contribution is 2.29. The molecule has 2 unspecified atom stereocenters. The summed E-state index contributed by atoms with van der Waals surface area (Å²) in [5, 5.41) is 0.595. The zero-order valence-electron chi connectivity index (χ0n) is 19.0. The molecule has 2 fully saturated rings. The maximum absolute atomic E-state index is 13.4. The van der Waals surface area contributed by atoms with Gasteiger partial charge in [0.2, 0.25) is 11.8 Å². The van der Waals surface area contributed by atoms with Crippen molar-refractivity contribution in [2.75, 3.05) is 18.1 Å². The van der Waals surface area contributed by atoms with E-state index in [0.29, 0.717) is 29.8 Å². The number of imide groups is 1. The Morgan fingerprint density at radius 3 is 2.42 bits per heavy atom. The summed E-state index contributed by atoms with van der Waals surface area (Å²) in [4.78, 5) is 42.4. The van der Waals surface area contributed by atoms with Crippen LogP contribution >= 0.6 is 11.6 Å². The smallest absolute Gasteiger partial charge is 0.257 e. The molecule has 2 aliphatic rings. The maximum atomic E-state index is 13.4. The molecule has 0 spiro atoms. The summed E-state index contributed by atoms with van der Waals surface area (Å²) in [6, 6.07) is 13.7. The third kappa shape index (κ3) is 5.28. The molecule has 2 aromatic rings. The van der Waals surface area contributed by atoms with Crippen LogP contribution in [0.3, 0.4) is 0 Å². The molecule has 33 heavy (non-hydrogen) atoms. The second kappa shape index (κ2) is 10.1. The molecule has 2 atom stereocenters. The number of carbonyl (C=O) groups excluding carboxylic acids is 3. The fraction of sp³-hybridized carbons (Fsp3) is 0.423. The van der Waals surface area contributed by atoms with Crippen molar-refractivity contribution in [1.82, 2.24) is 4.90 Å². The number of ether oxygens (including phenoxy) is 1. The summed E-state index contributed by atoms with van der Waals surface area (Å²) in [5.74, 6) is -0.501. The number of hydrogen-bond donors (Lipinski definition) is 0. The summed E-state index contributed by atoms with van der Waals surface area (Å²) in [6.07, 6.45) is 1.74. The van der Waals surface area contributed by atoms with E-state index in [4.69, 9.17) is 16.3 Å². The molecule has 3 amide bonds. The van der Waals surface area contributed by atoms with Crippen molar-refractivity contribution in [3.8, 4) is 0 Å². The Morgan fingerprint density at radius 2 is 1.82 bits per heavy atom. The number of nitrogens with zero attached hydrogens (tertiary/aromatic N) is 2. The van der Waals surface area contributed by atoms with E-state index in [-0.39, 0.29) is 36.7 Å². The Morgan fingerprint density at radius 1 is 1.12 bits per heavy atom. The SMILES string of the molecule is CC(C)c1ccc(N2C(=O)CC(N(CC3CCCO3)C(=O)Cc3ccc(Cl)cc3)C2=O)cc1. The van der Waals surface area contributed by atoms with E-state index in [1.807, 2.05) is 12.1 Å². The molecule has 2 aromatic carbocycles. The van der Waals surface area contributed by atoms with Crippen LogP contribution in [0.1, 0.15) is 50.2 Å². The van der Waals surface area contributed by atoms with Gasteiger partial charge in [-0.3, -0.25) is 14.4 Å². The summed E-state index contributed by atoms with van der Waals surface area (Å²) in [6.45, 7) is 5.13. The fourth-order valence-corrected chi connectivity index (χ4v) is 4.55. The molecule has 2 heterocycles. The van der Waals surface area contributed by atoms with Crippen molar-refractivity contribution in [2.45, 2.75) is 57.6 Å². The minimum atomic E-state index is -0.828. The van der Waals surface area contributed by atoms with Crippen LogP contribution < -0.4 is 4.90 Å². The predicted octanol–water partition coefficient (Wildman–Crippen LogP) is 4.35. The molecule has 4 rings (SSSR count). The number of halogens is 1. The van der Waals surface area contributed by atoms with Gasteiger partial charge >= 0.3 is 0 Å². The minimum Gasteiger partial charge on any atom is -0.376 e. The monoisotopic (exact) mass is 468 g/mol. The molecule has 0 aromatic heterocycles. The van der Waals surface area contributed by atoms with Gasteiger partial charge in [0.15, 0.2) is 0 Å². The highest BCUT2D eigenvalue weighted by molar-refractivity contribution is 6.30. The minimum absolute atomic E-state index is 0.0240. The summed E-state index contributed by atoms with van der Waals surface area (Å²) in [5.41, 5.74) is 2.48. The molecule has 7 heteroatoms. The normalized spacial score (nSPS) is 20.7. The Bertz CT molecular complexity index is 1010. The number of amides is 3. The lowest BCUT2D eigenvalue weighted by Gasteiger charge is -2.30. The van der Waals surface area contributed by atoms with Crippen LogP contribution in [0.25, 0.3) is 0 Å². The first-order valence-corrected chi connectivity index (χ1v) is 11.8. The number of benzene rings is 2. The van der Waals surface area contributed by atoms with E-state index in [9.17, 15) is 14.4 Å². The van der Waals surface area contributed by atoms with Crippen molar-refractivity contribution in [2.24, 2.45) is 0 Å². The van der Waals surface area contributed by atoms with E-state index in [2.05, 4.69) is 13.8 Å². The number of rotatable bonds is 7. The van der Waals surface area contributed by atoms with E-state index >= 15 is 0 Å². The topological polar surface area (TPSA) is 66.9 Å². The molecule has 6 nitrogen and oxygen atoms in total. The van der Waals surface area contributed by atoms with Crippen LogP contribution in [-0.4, -0.2) is 47.9 Å². The molecule has 0 saturated carbocycles. The van der Waals surface area contributed by atoms with Gasteiger partial charge in [-0.2, -0.15) is 0 Å². The van der Waals surface area contributed by atoms with Crippen LogP contribution in [0.5, 0.6) is 0 Å². The van der Waals surface area contributed by atoms with Gasteiger partial charge in [0.25, 0.3) is 5.91 Å². The zero-order chi connectivity index (χ0) is 23.5. The Balaban J connectivity index is 1.56. The summed E-state index contributed by atoms with van der Waals surface area (Å²) >= 11 is 5.96. The van der Waals surface area contributed by atoms with E-state index in [1.54, 1.807) is 41.3 Å². The molecule has 2 saturated heterocycles. The van der Waals surface area contributed by atoms with Crippen molar-refractivity contribution in [1.29, 1.82) is 0 Å². The van der Waals surface area contributed by atoms with E-state index in [0.717, 1.165) is 24.0 Å². The first-order chi connectivity index (χ1) is 15.8. The van der Waals surface area contributed by atoms with Gasteiger partial charge in [-0.15, -0.1) is 0 Å². The molecule has 0 bridgehead atoms. The Labute approximate surface area is 199 Å². The van der Waals surface area contributed by atoms with Crippen LogP contribution in [0.15, 0.2) is 48.5 Å². The molecular formula is C26H29ClN2O4. The number of carbonyl (C=O) groups is 3. The summed E-state index contributed by atoms with van der Waals surface area (Å²) < 4.78 is 5.75. The molecule has 0 radical (unpaired) electrons. The van der Waals surface area contributed by atoms with Crippen LogP contribution in [-0.2, 0) is 25.5 Å².